The first kappa shape index (κ1) is 20.7. The molecular weight excluding hydrogens is 442 g/mol. The highest BCUT2D eigenvalue weighted by atomic mass is 79.9. The summed E-state index contributed by atoms with van der Waals surface area (Å²) in [5.74, 6) is 2.05. The molecular formula is C24H26BrN3O2. The minimum atomic E-state index is 0.103. The van der Waals surface area contributed by atoms with Gasteiger partial charge in [-0.1, -0.05) is 52.3 Å². The van der Waals surface area contributed by atoms with Crippen LogP contribution in [-0.4, -0.2) is 30.5 Å². The average Bonchev–Trinajstić information content (AvgIpc) is 3.43. The van der Waals surface area contributed by atoms with Crippen molar-refractivity contribution < 1.29 is 9.21 Å². The van der Waals surface area contributed by atoms with Crippen molar-refractivity contribution in [1.82, 2.24) is 10.3 Å². The van der Waals surface area contributed by atoms with Crippen LogP contribution in [0.1, 0.15) is 25.2 Å². The maximum atomic E-state index is 12.2. The van der Waals surface area contributed by atoms with Crippen LogP contribution >= 0.6 is 15.9 Å². The highest BCUT2D eigenvalue weighted by Gasteiger charge is 2.23. The normalized spacial score (nSPS) is 16.0. The quantitative estimate of drug-likeness (QED) is 0.502. The fraction of sp³-hybridized carbons (Fsp3) is 0.333. The lowest BCUT2D eigenvalue weighted by Crippen LogP contribution is -2.30. The maximum absolute atomic E-state index is 12.2. The number of benzene rings is 2. The lowest BCUT2D eigenvalue weighted by atomic mass is 10.1. The van der Waals surface area contributed by atoms with Gasteiger partial charge in [0.25, 0.3) is 0 Å². The predicted octanol–water partition coefficient (Wildman–Crippen LogP) is 5.07. The number of hydrogen-bond donors (Lipinski definition) is 1. The maximum Gasteiger partial charge on any atom is 0.220 e. The summed E-state index contributed by atoms with van der Waals surface area (Å²) in [7, 11) is 0. The largest absolute Gasteiger partial charge is 0.441 e. The van der Waals surface area contributed by atoms with E-state index < -0.39 is 0 Å². The third-order valence-corrected chi connectivity index (χ3v) is 5.95. The third-order valence-electron chi connectivity index (χ3n) is 5.45. The molecule has 0 aliphatic carbocycles. The fourth-order valence-corrected chi connectivity index (χ4v) is 4.20. The van der Waals surface area contributed by atoms with Gasteiger partial charge in [-0.05, 0) is 37.0 Å². The van der Waals surface area contributed by atoms with Gasteiger partial charge in [0.05, 0.1) is 6.20 Å². The molecule has 1 aliphatic rings. The second-order valence-corrected chi connectivity index (χ2v) is 8.64. The van der Waals surface area contributed by atoms with Crippen LogP contribution in [0.2, 0.25) is 0 Å². The zero-order valence-corrected chi connectivity index (χ0v) is 18.5. The molecule has 3 aromatic rings. The van der Waals surface area contributed by atoms with Crippen molar-refractivity contribution in [3.05, 3.63) is 71.2 Å². The number of nitrogens with zero attached hydrogens (tertiary/aromatic N) is 2. The number of anilines is 1. The van der Waals surface area contributed by atoms with Crippen molar-refractivity contribution in [1.29, 1.82) is 0 Å². The van der Waals surface area contributed by atoms with Crippen LogP contribution < -0.4 is 10.2 Å². The van der Waals surface area contributed by atoms with Crippen LogP contribution in [0.25, 0.3) is 11.3 Å². The predicted molar refractivity (Wildman–Crippen MR) is 122 cm³/mol. The first-order valence-corrected chi connectivity index (χ1v) is 11.2. The molecule has 1 N–H and O–H groups in total. The summed E-state index contributed by atoms with van der Waals surface area (Å²) in [5, 5.41) is 3.10. The molecule has 1 atom stereocenters. The van der Waals surface area contributed by atoms with Crippen LogP contribution in [0.4, 0.5) is 5.69 Å². The molecule has 1 unspecified atom stereocenters. The first-order valence-electron chi connectivity index (χ1n) is 10.4. The molecule has 0 bridgehead atoms. The molecule has 0 spiro atoms. The number of oxazole rings is 1. The van der Waals surface area contributed by atoms with Gasteiger partial charge >= 0.3 is 0 Å². The van der Waals surface area contributed by atoms with Gasteiger partial charge in [-0.2, -0.15) is 0 Å². The van der Waals surface area contributed by atoms with Crippen molar-refractivity contribution in [3.63, 3.8) is 0 Å². The van der Waals surface area contributed by atoms with Crippen molar-refractivity contribution >= 4 is 27.5 Å². The molecule has 5 nitrogen and oxygen atoms in total. The smallest absolute Gasteiger partial charge is 0.220 e. The highest BCUT2D eigenvalue weighted by molar-refractivity contribution is 9.10. The number of carbonyl (C=O) groups excluding carboxylic acids is 1. The second kappa shape index (κ2) is 9.94. The molecule has 156 valence electrons. The standard InChI is InChI=1S/C24H26BrN3O2/c25-20-8-4-9-21(14-20)28-13-12-18(17-28)15-26-23(29)10-5-11-24-27-16-22(30-24)19-6-2-1-3-7-19/h1-4,6-9,14,16,18H,5,10-13,15,17H2,(H,26,29). The highest BCUT2D eigenvalue weighted by Crippen LogP contribution is 2.26. The Morgan fingerprint density at radius 2 is 2.07 bits per heavy atom. The number of hydrogen-bond acceptors (Lipinski definition) is 4. The molecule has 0 radical (unpaired) electrons. The molecule has 2 aromatic carbocycles. The SMILES string of the molecule is O=C(CCCc1ncc(-c2ccccc2)o1)NCC1CCN(c2cccc(Br)c2)C1. The van der Waals surface area contributed by atoms with E-state index in [1.807, 2.05) is 36.4 Å². The topological polar surface area (TPSA) is 58.4 Å². The molecule has 1 aliphatic heterocycles. The van der Waals surface area contributed by atoms with E-state index in [4.69, 9.17) is 4.42 Å². The van der Waals surface area contributed by atoms with Gasteiger partial charge in [0, 0.05) is 48.2 Å². The molecule has 1 fully saturated rings. The van der Waals surface area contributed by atoms with Gasteiger partial charge in [-0.25, -0.2) is 4.98 Å². The number of aromatic nitrogens is 1. The number of halogens is 1. The Kier molecular flexibility index (Phi) is 6.84. The van der Waals surface area contributed by atoms with E-state index in [-0.39, 0.29) is 5.91 Å². The van der Waals surface area contributed by atoms with Gasteiger partial charge < -0.3 is 14.6 Å². The summed E-state index contributed by atoms with van der Waals surface area (Å²) in [6, 6.07) is 18.3. The molecule has 1 saturated heterocycles. The van der Waals surface area contributed by atoms with E-state index in [9.17, 15) is 4.79 Å². The van der Waals surface area contributed by atoms with Crippen LogP contribution in [-0.2, 0) is 11.2 Å². The number of amides is 1. The van der Waals surface area contributed by atoms with Crippen molar-refractivity contribution in [2.45, 2.75) is 25.7 Å². The summed E-state index contributed by atoms with van der Waals surface area (Å²) in [6.45, 7) is 2.75. The Balaban J connectivity index is 1.16. The van der Waals surface area contributed by atoms with Crippen LogP contribution in [0.3, 0.4) is 0 Å². The fourth-order valence-electron chi connectivity index (χ4n) is 3.82. The van der Waals surface area contributed by atoms with E-state index in [1.165, 1.54) is 5.69 Å². The molecule has 4 rings (SSSR count). The minimum absolute atomic E-state index is 0.103. The zero-order valence-electron chi connectivity index (χ0n) is 16.9. The molecule has 1 aromatic heterocycles. The van der Waals surface area contributed by atoms with E-state index in [2.05, 4.69) is 49.3 Å². The van der Waals surface area contributed by atoms with E-state index in [0.717, 1.165) is 48.3 Å². The first-order chi connectivity index (χ1) is 14.7. The van der Waals surface area contributed by atoms with Gasteiger partial charge in [0.1, 0.15) is 0 Å². The van der Waals surface area contributed by atoms with Gasteiger partial charge in [0.2, 0.25) is 5.91 Å². The van der Waals surface area contributed by atoms with E-state index in [1.54, 1.807) is 6.20 Å². The summed E-state index contributed by atoms with van der Waals surface area (Å²) < 4.78 is 6.90. The summed E-state index contributed by atoms with van der Waals surface area (Å²) >= 11 is 3.53. The molecule has 0 saturated carbocycles. The van der Waals surface area contributed by atoms with Crippen LogP contribution in [0, 0.1) is 5.92 Å². The Morgan fingerprint density at radius 3 is 2.90 bits per heavy atom. The lowest BCUT2D eigenvalue weighted by molar-refractivity contribution is -0.121. The summed E-state index contributed by atoms with van der Waals surface area (Å²) in [4.78, 5) is 18.9. The Labute approximate surface area is 185 Å². The number of carbonyl (C=O) groups is 1. The van der Waals surface area contributed by atoms with Gasteiger partial charge in [-0.3, -0.25) is 4.79 Å². The van der Waals surface area contributed by atoms with E-state index >= 15 is 0 Å². The summed E-state index contributed by atoms with van der Waals surface area (Å²) in [6.07, 6.45) is 4.74. The van der Waals surface area contributed by atoms with E-state index in [0.29, 0.717) is 24.7 Å². The Morgan fingerprint density at radius 1 is 1.20 bits per heavy atom. The molecule has 1 amide bonds. The van der Waals surface area contributed by atoms with Crippen molar-refractivity contribution in [2.24, 2.45) is 5.92 Å². The summed E-state index contributed by atoms with van der Waals surface area (Å²) in [5.41, 5.74) is 2.25. The van der Waals surface area contributed by atoms with Gasteiger partial charge in [0.15, 0.2) is 11.7 Å². The average molecular weight is 468 g/mol. The monoisotopic (exact) mass is 467 g/mol. The second-order valence-electron chi connectivity index (χ2n) is 7.72. The number of rotatable bonds is 8. The van der Waals surface area contributed by atoms with Gasteiger partial charge in [-0.15, -0.1) is 0 Å². The third kappa shape index (κ3) is 5.51. The number of aryl methyl sites for hydroxylation is 1. The Bertz CT molecular complexity index is 973. The van der Waals surface area contributed by atoms with Crippen molar-refractivity contribution in [2.75, 3.05) is 24.5 Å². The lowest BCUT2D eigenvalue weighted by Gasteiger charge is -2.19. The minimum Gasteiger partial charge on any atom is -0.441 e. The van der Waals surface area contributed by atoms with Crippen LogP contribution in [0.5, 0.6) is 0 Å². The molecule has 6 heteroatoms. The van der Waals surface area contributed by atoms with Crippen molar-refractivity contribution in [3.8, 4) is 11.3 Å². The molecule has 2 heterocycles. The van der Waals surface area contributed by atoms with Crippen LogP contribution in [0.15, 0.2) is 69.7 Å². The molecule has 30 heavy (non-hydrogen) atoms. The Hall–Kier alpha value is -2.60. The zero-order chi connectivity index (χ0) is 20.8. The number of nitrogens with one attached hydrogen (secondary N) is 1.